The third-order valence-corrected chi connectivity index (χ3v) is 3.41. The molecule has 0 saturated carbocycles. The summed E-state index contributed by atoms with van der Waals surface area (Å²) in [5.74, 6) is 1.67. The fourth-order valence-corrected chi connectivity index (χ4v) is 2.20. The second kappa shape index (κ2) is 7.18. The minimum atomic E-state index is -0.433. The van der Waals surface area contributed by atoms with Gasteiger partial charge in [-0.05, 0) is 25.1 Å². The molecule has 0 bridgehead atoms. The predicted octanol–water partition coefficient (Wildman–Crippen LogP) is 3.43. The summed E-state index contributed by atoms with van der Waals surface area (Å²) in [5.41, 5.74) is 0.589. The molecule has 1 aromatic carbocycles. The normalized spacial score (nSPS) is 10.4. The molecule has 2 N–H and O–H groups in total. The first-order valence-electron chi connectivity index (χ1n) is 7.22. The first-order valence-corrected chi connectivity index (χ1v) is 7.60. The minimum absolute atomic E-state index is 0.143. The van der Waals surface area contributed by atoms with Crippen LogP contribution in [0.1, 0.15) is 16.2 Å². The van der Waals surface area contributed by atoms with Gasteiger partial charge in [-0.25, -0.2) is 9.97 Å². The number of anilines is 3. The summed E-state index contributed by atoms with van der Waals surface area (Å²) in [6, 6.07) is 6.64. The number of ether oxygens (including phenoxy) is 1. The van der Waals surface area contributed by atoms with E-state index in [-0.39, 0.29) is 5.69 Å². The van der Waals surface area contributed by atoms with Gasteiger partial charge in [0.1, 0.15) is 23.0 Å². The summed E-state index contributed by atoms with van der Waals surface area (Å²) in [6.07, 6.45) is 2.77. The summed E-state index contributed by atoms with van der Waals surface area (Å²) >= 11 is 5.95. The van der Waals surface area contributed by atoms with Gasteiger partial charge in [-0.1, -0.05) is 16.8 Å². The summed E-state index contributed by atoms with van der Waals surface area (Å²) < 4.78 is 10.1. The van der Waals surface area contributed by atoms with Crippen molar-refractivity contribution >= 4 is 34.8 Å². The lowest BCUT2D eigenvalue weighted by Gasteiger charge is -2.10. The Morgan fingerprint density at radius 3 is 2.68 bits per heavy atom. The summed E-state index contributed by atoms with van der Waals surface area (Å²) in [7, 11) is 1.50. The molecule has 0 aliphatic heterocycles. The van der Waals surface area contributed by atoms with Crippen molar-refractivity contribution in [2.24, 2.45) is 0 Å². The number of aryl methyl sites for hydroxylation is 1. The summed E-state index contributed by atoms with van der Waals surface area (Å²) in [6.45, 7) is 1.78. The van der Waals surface area contributed by atoms with Crippen molar-refractivity contribution in [1.82, 2.24) is 15.1 Å². The maximum Gasteiger partial charge on any atom is 0.275 e. The zero-order chi connectivity index (χ0) is 17.8. The average Bonchev–Trinajstić information content (AvgIpc) is 3.00. The molecule has 0 unspecified atom stereocenters. The molecule has 128 valence electrons. The van der Waals surface area contributed by atoms with E-state index in [4.69, 9.17) is 20.9 Å². The second-order valence-corrected chi connectivity index (χ2v) is 5.47. The molecule has 2 heterocycles. The zero-order valence-electron chi connectivity index (χ0n) is 13.4. The Kier molecular flexibility index (Phi) is 4.80. The molecule has 0 saturated heterocycles. The van der Waals surface area contributed by atoms with Crippen LogP contribution in [0.2, 0.25) is 5.02 Å². The minimum Gasteiger partial charge on any atom is -0.495 e. The largest absolute Gasteiger partial charge is 0.495 e. The number of nitrogens with zero attached hydrogens (tertiary/aromatic N) is 3. The number of nitrogens with one attached hydrogen (secondary N) is 2. The number of rotatable bonds is 5. The molecule has 3 aromatic rings. The molecule has 3 rings (SSSR count). The first kappa shape index (κ1) is 16.7. The van der Waals surface area contributed by atoms with E-state index >= 15 is 0 Å². The van der Waals surface area contributed by atoms with Crippen molar-refractivity contribution in [3.63, 3.8) is 0 Å². The van der Waals surface area contributed by atoms with E-state index in [9.17, 15) is 4.79 Å². The van der Waals surface area contributed by atoms with Gasteiger partial charge in [-0.3, -0.25) is 4.79 Å². The average molecular weight is 360 g/mol. The number of halogens is 1. The van der Waals surface area contributed by atoms with E-state index in [0.717, 1.165) is 0 Å². The van der Waals surface area contributed by atoms with Crippen LogP contribution in [0.3, 0.4) is 0 Å². The molecular formula is C16H14ClN5O3. The molecular weight excluding hydrogens is 346 g/mol. The highest BCUT2D eigenvalue weighted by Crippen LogP contribution is 2.28. The Hall–Kier alpha value is -3.13. The van der Waals surface area contributed by atoms with E-state index < -0.39 is 5.91 Å². The Morgan fingerprint density at radius 1 is 1.20 bits per heavy atom. The van der Waals surface area contributed by atoms with Crippen LogP contribution in [-0.4, -0.2) is 28.1 Å². The zero-order valence-corrected chi connectivity index (χ0v) is 14.2. The van der Waals surface area contributed by atoms with Crippen LogP contribution in [0.4, 0.5) is 17.3 Å². The van der Waals surface area contributed by atoms with Crippen molar-refractivity contribution in [2.75, 3.05) is 17.7 Å². The monoisotopic (exact) mass is 359 g/mol. The van der Waals surface area contributed by atoms with E-state index in [0.29, 0.717) is 33.9 Å². The molecule has 0 spiro atoms. The van der Waals surface area contributed by atoms with Gasteiger partial charge in [-0.15, -0.1) is 0 Å². The highest BCUT2D eigenvalue weighted by Gasteiger charge is 2.12. The Morgan fingerprint density at radius 2 is 2.04 bits per heavy atom. The lowest BCUT2D eigenvalue weighted by atomic mass is 10.2. The van der Waals surface area contributed by atoms with Crippen molar-refractivity contribution in [2.45, 2.75) is 6.92 Å². The van der Waals surface area contributed by atoms with Crippen molar-refractivity contribution in [3.05, 3.63) is 53.1 Å². The number of aromatic nitrogens is 3. The quantitative estimate of drug-likeness (QED) is 0.719. The molecule has 1 amide bonds. The predicted molar refractivity (Wildman–Crippen MR) is 92.5 cm³/mol. The van der Waals surface area contributed by atoms with E-state index in [2.05, 4.69) is 25.8 Å². The fraction of sp³-hybridized carbons (Fsp3) is 0.125. The SMILES string of the molecule is COc1ccc(Cl)cc1NC(=O)c1cnc(Nc2cc(C)on2)cn1. The number of carbonyl (C=O) groups excluding carboxylic acids is 1. The summed E-state index contributed by atoms with van der Waals surface area (Å²) in [5, 5.41) is 9.88. The number of methoxy groups -OCH3 is 1. The molecule has 0 fully saturated rings. The number of benzene rings is 1. The Balaban J connectivity index is 1.71. The standard InChI is InChI=1S/C16H14ClN5O3/c1-9-5-14(22-25-9)21-15-8-18-12(7-19-15)16(23)20-11-6-10(17)3-4-13(11)24-2/h3-8H,1-2H3,(H,20,23)(H,19,21,22). The van der Waals surface area contributed by atoms with Crippen LogP contribution in [0.5, 0.6) is 5.75 Å². The first-order chi connectivity index (χ1) is 12.0. The number of amides is 1. The van der Waals surface area contributed by atoms with Crippen molar-refractivity contribution in [1.29, 1.82) is 0 Å². The fourth-order valence-electron chi connectivity index (χ4n) is 2.03. The van der Waals surface area contributed by atoms with Gasteiger partial charge >= 0.3 is 0 Å². The molecule has 0 aliphatic rings. The molecule has 0 atom stereocenters. The van der Waals surface area contributed by atoms with Crippen LogP contribution in [0.25, 0.3) is 0 Å². The topological polar surface area (TPSA) is 102 Å². The lowest BCUT2D eigenvalue weighted by molar-refractivity contribution is 0.102. The molecule has 0 radical (unpaired) electrons. The maximum absolute atomic E-state index is 12.3. The van der Waals surface area contributed by atoms with Crippen LogP contribution >= 0.6 is 11.6 Å². The smallest absolute Gasteiger partial charge is 0.275 e. The molecule has 2 aromatic heterocycles. The van der Waals surface area contributed by atoms with E-state index in [1.54, 1.807) is 31.2 Å². The number of hydrogen-bond donors (Lipinski definition) is 2. The van der Waals surface area contributed by atoms with Crippen LogP contribution in [-0.2, 0) is 0 Å². The van der Waals surface area contributed by atoms with E-state index in [1.807, 2.05) is 0 Å². The van der Waals surface area contributed by atoms with Gasteiger partial charge < -0.3 is 19.9 Å². The van der Waals surface area contributed by atoms with Crippen LogP contribution in [0.15, 0.2) is 41.2 Å². The van der Waals surface area contributed by atoms with Gasteiger partial charge in [0.05, 0.1) is 25.2 Å². The Labute approximate surface area is 148 Å². The maximum atomic E-state index is 12.3. The molecule has 0 aliphatic carbocycles. The van der Waals surface area contributed by atoms with Crippen LogP contribution in [0, 0.1) is 6.92 Å². The second-order valence-electron chi connectivity index (χ2n) is 5.03. The van der Waals surface area contributed by atoms with Crippen molar-refractivity contribution in [3.8, 4) is 5.75 Å². The van der Waals surface area contributed by atoms with Crippen molar-refractivity contribution < 1.29 is 14.1 Å². The highest BCUT2D eigenvalue weighted by atomic mass is 35.5. The highest BCUT2D eigenvalue weighted by molar-refractivity contribution is 6.31. The molecule has 25 heavy (non-hydrogen) atoms. The van der Waals surface area contributed by atoms with Gasteiger partial charge in [0.2, 0.25) is 0 Å². The summed E-state index contributed by atoms with van der Waals surface area (Å²) in [4.78, 5) is 20.5. The van der Waals surface area contributed by atoms with Gasteiger partial charge in [0.15, 0.2) is 5.82 Å². The third kappa shape index (κ3) is 4.04. The molecule has 8 nitrogen and oxygen atoms in total. The molecule has 9 heteroatoms. The number of hydrogen-bond acceptors (Lipinski definition) is 7. The van der Waals surface area contributed by atoms with E-state index in [1.165, 1.54) is 19.5 Å². The third-order valence-electron chi connectivity index (χ3n) is 3.18. The number of carbonyl (C=O) groups is 1. The Bertz CT molecular complexity index is 895. The van der Waals surface area contributed by atoms with Gasteiger partial charge in [0, 0.05) is 11.1 Å². The van der Waals surface area contributed by atoms with Gasteiger partial charge in [0.25, 0.3) is 5.91 Å². The van der Waals surface area contributed by atoms with Gasteiger partial charge in [-0.2, -0.15) is 0 Å². The lowest BCUT2D eigenvalue weighted by Crippen LogP contribution is -2.15. The van der Waals surface area contributed by atoms with Crippen LogP contribution < -0.4 is 15.4 Å².